The van der Waals surface area contributed by atoms with Crippen LogP contribution in [0, 0.1) is 5.41 Å². The molecule has 1 aliphatic heterocycles. The van der Waals surface area contributed by atoms with E-state index in [2.05, 4.69) is 5.32 Å². The number of amides is 2. The van der Waals surface area contributed by atoms with Crippen molar-refractivity contribution >= 4 is 27.5 Å². The molecule has 2 aromatic carbocycles. The molecular formula is C24H31N3O4S. The Hall–Kier alpha value is -2.87. The van der Waals surface area contributed by atoms with Gasteiger partial charge in [-0.1, -0.05) is 39.0 Å². The fourth-order valence-electron chi connectivity index (χ4n) is 3.68. The largest absolute Gasteiger partial charge is 0.349 e. The van der Waals surface area contributed by atoms with E-state index in [1.165, 1.54) is 35.6 Å². The van der Waals surface area contributed by atoms with Crippen LogP contribution in [0.15, 0.2) is 59.5 Å². The van der Waals surface area contributed by atoms with Crippen LogP contribution in [0.2, 0.25) is 0 Å². The zero-order valence-corrected chi connectivity index (χ0v) is 19.9. The zero-order valence-electron chi connectivity index (χ0n) is 19.0. The number of hydrogen-bond acceptors (Lipinski definition) is 4. The Bertz CT molecular complexity index is 1050. The average molecular weight is 458 g/mol. The minimum absolute atomic E-state index is 0.0147. The van der Waals surface area contributed by atoms with Gasteiger partial charge >= 0.3 is 0 Å². The van der Waals surface area contributed by atoms with E-state index < -0.39 is 15.4 Å². The molecule has 7 nitrogen and oxygen atoms in total. The van der Waals surface area contributed by atoms with Crippen LogP contribution in [0.1, 0.15) is 44.0 Å². The lowest BCUT2D eigenvalue weighted by molar-refractivity contribution is -0.140. The molecule has 32 heavy (non-hydrogen) atoms. The van der Waals surface area contributed by atoms with Gasteiger partial charge in [0.05, 0.1) is 10.6 Å². The van der Waals surface area contributed by atoms with Crippen LogP contribution in [-0.4, -0.2) is 51.3 Å². The molecule has 2 aromatic rings. The molecule has 172 valence electrons. The Balaban J connectivity index is 1.61. The zero-order chi connectivity index (χ0) is 23.5. The van der Waals surface area contributed by atoms with E-state index in [0.29, 0.717) is 37.2 Å². The molecular weight excluding hydrogens is 426 g/mol. The number of sulfonamides is 1. The predicted molar refractivity (Wildman–Crippen MR) is 125 cm³/mol. The molecule has 0 radical (unpaired) electrons. The summed E-state index contributed by atoms with van der Waals surface area (Å²) in [5.74, 6) is -0.120. The van der Waals surface area contributed by atoms with Crippen LogP contribution < -0.4 is 9.62 Å². The number of likely N-dealkylation sites (tertiary alicyclic amines) is 1. The minimum atomic E-state index is -3.72. The fraction of sp³-hybridized carbons (Fsp3) is 0.417. The summed E-state index contributed by atoms with van der Waals surface area (Å²) in [4.78, 5) is 27.0. The minimum Gasteiger partial charge on any atom is -0.349 e. The van der Waals surface area contributed by atoms with E-state index in [0.717, 1.165) is 0 Å². The van der Waals surface area contributed by atoms with Crippen LogP contribution >= 0.6 is 0 Å². The third kappa shape index (κ3) is 5.30. The maximum absolute atomic E-state index is 12.9. The Labute approximate surface area is 190 Å². The van der Waals surface area contributed by atoms with Crippen molar-refractivity contribution < 1.29 is 18.0 Å². The maximum Gasteiger partial charge on any atom is 0.264 e. The van der Waals surface area contributed by atoms with E-state index in [1.807, 2.05) is 31.7 Å². The summed E-state index contributed by atoms with van der Waals surface area (Å²) in [5.41, 5.74) is 0.553. The number of piperidine rings is 1. The van der Waals surface area contributed by atoms with Crippen LogP contribution in [-0.2, 0) is 14.8 Å². The van der Waals surface area contributed by atoms with Gasteiger partial charge in [-0.2, -0.15) is 0 Å². The van der Waals surface area contributed by atoms with Gasteiger partial charge in [0.25, 0.3) is 15.9 Å². The van der Waals surface area contributed by atoms with Crippen molar-refractivity contribution in [2.75, 3.05) is 24.4 Å². The first kappa shape index (κ1) is 23.8. The first-order valence-electron chi connectivity index (χ1n) is 10.7. The molecule has 1 fully saturated rings. The molecule has 1 aliphatic rings. The van der Waals surface area contributed by atoms with Crippen molar-refractivity contribution in [3.63, 3.8) is 0 Å². The van der Waals surface area contributed by atoms with E-state index in [4.69, 9.17) is 0 Å². The molecule has 1 heterocycles. The molecule has 0 bridgehead atoms. The summed E-state index contributed by atoms with van der Waals surface area (Å²) in [6.45, 7) is 6.95. The number of carbonyl (C=O) groups excluding carboxylic acids is 2. The van der Waals surface area contributed by atoms with Gasteiger partial charge in [-0.3, -0.25) is 13.9 Å². The third-order valence-electron chi connectivity index (χ3n) is 5.65. The van der Waals surface area contributed by atoms with E-state index >= 15 is 0 Å². The number of para-hydroxylation sites is 1. The lowest BCUT2D eigenvalue weighted by Crippen LogP contribution is -2.49. The molecule has 3 rings (SSSR count). The number of rotatable bonds is 5. The lowest BCUT2D eigenvalue weighted by Gasteiger charge is -2.36. The molecule has 0 spiro atoms. The second-order valence-corrected chi connectivity index (χ2v) is 11.1. The average Bonchev–Trinajstić information content (AvgIpc) is 2.78. The van der Waals surface area contributed by atoms with Crippen LogP contribution in [0.25, 0.3) is 0 Å². The quantitative estimate of drug-likeness (QED) is 0.747. The number of anilines is 1. The van der Waals surface area contributed by atoms with Crippen LogP contribution in [0.5, 0.6) is 0 Å². The predicted octanol–water partition coefficient (Wildman–Crippen LogP) is 3.28. The molecule has 0 aliphatic carbocycles. The first-order chi connectivity index (χ1) is 15.0. The van der Waals surface area contributed by atoms with Gasteiger partial charge in [0, 0.05) is 37.2 Å². The van der Waals surface area contributed by atoms with Crippen molar-refractivity contribution in [2.45, 2.75) is 44.6 Å². The van der Waals surface area contributed by atoms with Gasteiger partial charge in [-0.05, 0) is 49.2 Å². The van der Waals surface area contributed by atoms with E-state index in [9.17, 15) is 18.0 Å². The highest BCUT2D eigenvalue weighted by Gasteiger charge is 2.31. The van der Waals surface area contributed by atoms with E-state index in [-0.39, 0.29) is 22.8 Å². The van der Waals surface area contributed by atoms with Crippen molar-refractivity contribution in [3.05, 3.63) is 60.2 Å². The second kappa shape index (κ2) is 9.32. The Morgan fingerprint density at radius 3 is 2.06 bits per heavy atom. The van der Waals surface area contributed by atoms with Gasteiger partial charge < -0.3 is 10.2 Å². The fourth-order valence-corrected chi connectivity index (χ4v) is 4.88. The Morgan fingerprint density at radius 2 is 1.53 bits per heavy atom. The standard InChI is InChI=1S/C24H31N3O4S/c1-24(2,3)23(29)27-16-14-19(15-17-27)25-22(28)18-10-12-21(13-11-18)32(30,31)26(4)20-8-6-5-7-9-20/h5-13,19H,14-17H2,1-4H3,(H,25,28). The smallest absolute Gasteiger partial charge is 0.264 e. The van der Waals surface area contributed by atoms with Gasteiger partial charge in [0.1, 0.15) is 0 Å². The number of carbonyl (C=O) groups is 2. The summed E-state index contributed by atoms with van der Waals surface area (Å²) < 4.78 is 27.0. The number of hydrogen-bond donors (Lipinski definition) is 1. The topological polar surface area (TPSA) is 86.8 Å². The van der Waals surface area contributed by atoms with Crippen molar-refractivity contribution in [1.82, 2.24) is 10.2 Å². The summed E-state index contributed by atoms with van der Waals surface area (Å²) >= 11 is 0. The summed E-state index contributed by atoms with van der Waals surface area (Å²) in [6, 6.07) is 14.8. The highest BCUT2D eigenvalue weighted by molar-refractivity contribution is 7.92. The first-order valence-corrected chi connectivity index (χ1v) is 12.2. The second-order valence-electron chi connectivity index (χ2n) is 9.12. The molecule has 2 amide bonds. The molecule has 1 N–H and O–H groups in total. The number of nitrogens with zero attached hydrogens (tertiary/aromatic N) is 2. The maximum atomic E-state index is 12.9. The third-order valence-corrected chi connectivity index (χ3v) is 7.45. The van der Waals surface area contributed by atoms with Gasteiger partial charge in [-0.15, -0.1) is 0 Å². The summed E-state index contributed by atoms with van der Waals surface area (Å²) in [6.07, 6.45) is 1.39. The molecule has 1 saturated heterocycles. The molecule has 0 unspecified atom stereocenters. The lowest BCUT2D eigenvalue weighted by atomic mass is 9.93. The Morgan fingerprint density at radius 1 is 0.969 bits per heavy atom. The SMILES string of the molecule is CN(c1ccccc1)S(=O)(=O)c1ccc(C(=O)NC2CCN(C(=O)C(C)(C)C)CC2)cc1. The highest BCUT2D eigenvalue weighted by atomic mass is 32.2. The molecule has 0 aromatic heterocycles. The molecule has 8 heteroatoms. The van der Waals surface area contributed by atoms with Crippen LogP contribution in [0.4, 0.5) is 5.69 Å². The summed E-state index contributed by atoms with van der Waals surface area (Å²) in [7, 11) is -2.22. The van der Waals surface area contributed by atoms with Gasteiger partial charge in [0.2, 0.25) is 5.91 Å². The number of nitrogens with one attached hydrogen (secondary N) is 1. The van der Waals surface area contributed by atoms with Crippen molar-refractivity contribution in [2.24, 2.45) is 5.41 Å². The van der Waals surface area contributed by atoms with Crippen molar-refractivity contribution in [1.29, 1.82) is 0 Å². The molecule has 0 atom stereocenters. The highest BCUT2D eigenvalue weighted by Crippen LogP contribution is 2.23. The van der Waals surface area contributed by atoms with Crippen molar-refractivity contribution in [3.8, 4) is 0 Å². The molecule has 0 saturated carbocycles. The Kier molecular flexibility index (Phi) is 6.93. The number of benzene rings is 2. The normalized spacial score (nSPS) is 15.3. The van der Waals surface area contributed by atoms with Gasteiger partial charge in [-0.25, -0.2) is 8.42 Å². The van der Waals surface area contributed by atoms with Crippen LogP contribution in [0.3, 0.4) is 0 Å². The monoisotopic (exact) mass is 457 g/mol. The van der Waals surface area contributed by atoms with Gasteiger partial charge in [0.15, 0.2) is 0 Å². The van der Waals surface area contributed by atoms with E-state index in [1.54, 1.807) is 24.3 Å². The summed E-state index contributed by atoms with van der Waals surface area (Å²) in [5, 5.41) is 3.00.